The Hall–Kier alpha value is -5.37. The van der Waals surface area contributed by atoms with Crippen molar-refractivity contribution in [3.05, 3.63) is 71.9 Å². The van der Waals surface area contributed by atoms with Gasteiger partial charge in [-0.15, -0.1) is 0 Å². The molecule has 60 heavy (non-hydrogen) atoms. The number of H-pyrrole nitrogens is 1. The summed E-state index contributed by atoms with van der Waals surface area (Å²) in [6.07, 6.45) is 6.03. The molecule has 326 valence electrons. The van der Waals surface area contributed by atoms with Crippen LogP contribution in [0.4, 0.5) is 0 Å². The van der Waals surface area contributed by atoms with Crippen molar-refractivity contribution in [1.82, 2.24) is 31.6 Å². The summed E-state index contributed by atoms with van der Waals surface area (Å²) in [5.41, 5.74) is 8.14. The van der Waals surface area contributed by atoms with Gasteiger partial charge in [-0.3, -0.25) is 28.8 Å². The van der Waals surface area contributed by atoms with Gasteiger partial charge in [-0.05, 0) is 75.1 Å². The molecule has 14 nitrogen and oxygen atoms in total. The first-order valence-electron chi connectivity index (χ1n) is 21.7. The molecule has 5 amide bonds. The fourth-order valence-electron chi connectivity index (χ4n) is 7.64. The number of nitrogens with two attached hydrogens (primary N) is 1. The first-order chi connectivity index (χ1) is 28.8. The van der Waals surface area contributed by atoms with Crippen LogP contribution in [0.1, 0.15) is 109 Å². The molecule has 0 radical (unpaired) electrons. The quantitative estimate of drug-likeness (QED) is 0.0981. The molecule has 0 spiro atoms. The number of amides is 5. The molecule has 1 aromatic heterocycles. The summed E-state index contributed by atoms with van der Waals surface area (Å²) in [6.45, 7) is 7.54. The lowest BCUT2D eigenvalue weighted by Crippen LogP contribution is -2.60. The summed E-state index contributed by atoms with van der Waals surface area (Å²) in [5, 5.41) is 15.2. The Labute approximate surface area is 353 Å². The van der Waals surface area contributed by atoms with Crippen LogP contribution in [0.3, 0.4) is 0 Å². The van der Waals surface area contributed by atoms with Gasteiger partial charge in [0.2, 0.25) is 29.5 Å². The number of fused-ring (bicyclic) bond motifs is 1. The second kappa shape index (κ2) is 24.0. The number of nitrogens with one attached hydrogen (secondary N) is 6. The second-order valence-corrected chi connectivity index (χ2v) is 16.3. The fourth-order valence-corrected chi connectivity index (χ4v) is 7.64. The molecule has 2 heterocycles. The predicted octanol–water partition coefficient (Wildman–Crippen LogP) is 4.09. The van der Waals surface area contributed by atoms with E-state index in [-0.39, 0.29) is 56.0 Å². The van der Waals surface area contributed by atoms with E-state index in [2.05, 4.69) is 31.6 Å². The highest BCUT2D eigenvalue weighted by molar-refractivity contribution is 5.98. The van der Waals surface area contributed by atoms with Gasteiger partial charge in [-0.1, -0.05) is 95.0 Å². The van der Waals surface area contributed by atoms with E-state index < -0.39 is 65.7 Å². The highest BCUT2D eigenvalue weighted by atomic mass is 16.2. The molecule has 7 atom stereocenters. The topological polar surface area (TPSA) is 221 Å². The van der Waals surface area contributed by atoms with Gasteiger partial charge in [-0.25, -0.2) is 0 Å². The number of para-hydroxylation sites is 1. The Morgan fingerprint density at radius 3 is 1.88 bits per heavy atom. The third-order valence-corrected chi connectivity index (χ3v) is 11.5. The van der Waals surface area contributed by atoms with Gasteiger partial charge in [0.15, 0.2) is 5.78 Å². The van der Waals surface area contributed by atoms with Crippen LogP contribution >= 0.6 is 0 Å². The Bertz CT molecular complexity index is 1910. The van der Waals surface area contributed by atoms with E-state index in [0.29, 0.717) is 38.6 Å². The molecule has 1 aliphatic rings. The minimum atomic E-state index is -1.25. The van der Waals surface area contributed by atoms with Gasteiger partial charge in [-0.2, -0.15) is 0 Å². The number of Topliss-reactive ketones (excluding diaryl/α,β-unsaturated/α-hetero) is 2. The van der Waals surface area contributed by atoms with Crippen molar-refractivity contribution < 1.29 is 33.6 Å². The van der Waals surface area contributed by atoms with Crippen molar-refractivity contribution in [2.24, 2.45) is 17.6 Å². The highest BCUT2D eigenvalue weighted by Gasteiger charge is 2.36. The molecule has 3 aromatic rings. The van der Waals surface area contributed by atoms with E-state index in [9.17, 15) is 33.6 Å². The molecule has 0 bridgehead atoms. The summed E-state index contributed by atoms with van der Waals surface area (Å²) in [4.78, 5) is 101. The molecule has 2 aromatic carbocycles. The normalized spacial score (nSPS) is 23.1. The summed E-state index contributed by atoms with van der Waals surface area (Å²) in [5.74, 6) is -4.83. The van der Waals surface area contributed by atoms with Crippen LogP contribution in [-0.4, -0.2) is 82.8 Å². The molecule has 0 aliphatic carbocycles. The zero-order valence-electron chi connectivity index (χ0n) is 35.6. The lowest BCUT2D eigenvalue weighted by atomic mass is 9.86. The van der Waals surface area contributed by atoms with Gasteiger partial charge in [0.1, 0.15) is 30.0 Å². The van der Waals surface area contributed by atoms with Gasteiger partial charge >= 0.3 is 0 Å². The van der Waals surface area contributed by atoms with Crippen molar-refractivity contribution >= 4 is 52.0 Å². The number of hydrogen-bond donors (Lipinski definition) is 7. The fraction of sp³-hybridized carbons (Fsp3) is 0.543. The number of carbonyl (C=O) groups excluding carboxylic acids is 7. The van der Waals surface area contributed by atoms with E-state index in [1.54, 1.807) is 6.20 Å². The molecule has 14 heteroatoms. The van der Waals surface area contributed by atoms with Crippen molar-refractivity contribution in [3.8, 4) is 0 Å². The summed E-state index contributed by atoms with van der Waals surface area (Å²) in [7, 11) is 0. The maximum Gasteiger partial charge on any atom is 0.243 e. The standard InChI is InChI=1S/C46H65N7O7/c1-5-7-9-20-37-45(59)53-41(29(3)6-2)40(55)27-32(25-31-16-10-8-11-17-31)42(56)49-38(23-22-30(4)54)44(58)52-39(26-33-28-48-35-19-13-12-18-34(33)35)46(60)51-36(43(57)50-37)21-14-15-24-47/h8,10-13,16-19,28-29,32,36-39,41,48H,5-7,9,14-15,20-27,47H2,1-4H3,(H,49,56)(H,50,57)(H,51,60)(H,52,58)(H,53,59). The lowest BCUT2D eigenvalue weighted by Gasteiger charge is -2.30. The summed E-state index contributed by atoms with van der Waals surface area (Å²) < 4.78 is 0. The van der Waals surface area contributed by atoms with Crippen LogP contribution in [0, 0.1) is 11.8 Å². The number of benzene rings is 2. The number of unbranched alkanes of at least 4 members (excludes halogenated alkanes) is 3. The average molecular weight is 828 g/mol. The van der Waals surface area contributed by atoms with Crippen LogP contribution in [0.15, 0.2) is 60.8 Å². The van der Waals surface area contributed by atoms with Crippen molar-refractivity contribution in [2.45, 2.75) is 141 Å². The van der Waals surface area contributed by atoms with E-state index in [4.69, 9.17) is 5.73 Å². The maximum absolute atomic E-state index is 14.4. The average Bonchev–Trinajstić information content (AvgIpc) is 3.64. The van der Waals surface area contributed by atoms with E-state index in [1.807, 2.05) is 75.4 Å². The zero-order valence-corrected chi connectivity index (χ0v) is 35.6. The van der Waals surface area contributed by atoms with Crippen LogP contribution in [0.25, 0.3) is 10.9 Å². The Balaban J connectivity index is 1.82. The number of aromatic nitrogens is 1. The molecule has 1 fully saturated rings. The number of hydrogen-bond acceptors (Lipinski definition) is 8. The highest BCUT2D eigenvalue weighted by Crippen LogP contribution is 2.22. The summed E-state index contributed by atoms with van der Waals surface area (Å²) >= 11 is 0. The van der Waals surface area contributed by atoms with E-state index >= 15 is 0 Å². The lowest BCUT2D eigenvalue weighted by molar-refractivity contribution is -0.137. The minimum Gasteiger partial charge on any atom is -0.361 e. The van der Waals surface area contributed by atoms with Gasteiger partial charge < -0.3 is 42.1 Å². The minimum absolute atomic E-state index is 0.0241. The Morgan fingerprint density at radius 1 is 0.683 bits per heavy atom. The SMILES string of the molecule is CCCCCC1NC(=O)C(CCCCN)NC(=O)C(Cc2c[nH]c3ccccc23)NC(=O)C(CCC(C)=O)NC(=O)C(Cc2ccccc2)CC(=O)C(C(C)CC)NC1=O. The van der Waals surface area contributed by atoms with Crippen LogP contribution in [0.2, 0.25) is 0 Å². The van der Waals surface area contributed by atoms with Crippen molar-refractivity contribution in [3.63, 3.8) is 0 Å². The molecular weight excluding hydrogens is 763 g/mol. The second-order valence-electron chi connectivity index (χ2n) is 16.3. The first-order valence-corrected chi connectivity index (χ1v) is 21.7. The smallest absolute Gasteiger partial charge is 0.243 e. The number of carbonyl (C=O) groups is 7. The molecule has 4 rings (SSSR count). The van der Waals surface area contributed by atoms with Gasteiger partial charge in [0.25, 0.3) is 0 Å². The van der Waals surface area contributed by atoms with Gasteiger partial charge in [0.05, 0.1) is 6.04 Å². The molecular formula is C46H65N7O7. The molecule has 1 aliphatic heterocycles. The molecule has 8 N–H and O–H groups in total. The zero-order chi connectivity index (χ0) is 43.6. The third-order valence-electron chi connectivity index (χ3n) is 11.5. The molecule has 1 saturated heterocycles. The summed E-state index contributed by atoms with van der Waals surface area (Å²) in [6, 6.07) is 11.2. The van der Waals surface area contributed by atoms with Crippen LogP contribution in [0.5, 0.6) is 0 Å². The largest absolute Gasteiger partial charge is 0.361 e. The monoisotopic (exact) mass is 827 g/mol. The number of rotatable bonds is 17. The number of aromatic amines is 1. The Kier molecular flexibility index (Phi) is 18.9. The first kappa shape index (κ1) is 47.3. The predicted molar refractivity (Wildman–Crippen MR) is 231 cm³/mol. The maximum atomic E-state index is 14.4. The van der Waals surface area contributed by atoms with Crippen molar-refractivity contribution in [1.29, 1.82) is 0 Å². The number of ketones is 2. The van der Waals surface area contributed by atoms with E-state index in [0.717, 1.165) is 34.9 Å². The van der Waals surface area contributed by atoms with Gasteiger partial charge in [0, 0.05) is 42.3 Å². The van der Waals surface area contributed by atoms with Crippen LogP contribution < -0.4 is 32.3 Å². The van der Waals surface area contributed by atoms with Crippen LogP contribution in [-0.2, 0) is 46.4 Å². The van der Waals surface area contributed by atoms with E-state index in [1.165, 1.54) is 6.92 Å². The van der Waals surface area contributed by atoms with Crippen molar-refractivity contribution in [2.75, 3.05) is 6.54 Å². The molecule has 7 unspecified atom stereocenters. The molecule has 0 saturated carbocycles. The third kappa shape index (κ3) is 14.1. The Morgan fingerprint density at radius 2 is 1.25 bits per heavy atom.